The van der Waals surface area contributed by atoms with E-state index in [9.17, 15) is 19.2 Å². The molecule has 1 N–H and O–H groups in total. The van der Waals surface area contributed by atoms with Gasteiger partial charge in [-0.25, -0.2) is 4.67 Å². The zero-order valence-electron chi connectivity index (χ0n) is 29.2. The zero-order chi connectivity index (χ0) is 35.8. The van der Waals surface area contributed by atoms with E-state index in [1.807, 2.05) is 0 Å². The van der Waals surface area contributed by atoms with Crippen LogP contribution >= 0.6 is 8.53 Å². The summed E-state index contributed by atoms with van der Waals surface area (Å²) in [5.41, 5.74) is 0. The molecule has 0 aliphatic rings. The molecule has 0 heterocycles. The van der Waals surface area contributed by atoms with Crippen LogP contribution in [0.5, 0.6) is 0 Å². The summed E-state index contributed by atoms with van der Waals surface area (Å²) in [6.45, 7) is 15.7. The van der Waals surface area contributed by atoms with E-state index in [0.717, 1.165) is 0 Å². The van der Waals surface area contributed by atoms with Crippen molar-refractivity contribution in [1.82, 2.24) is 9.99 Å². The Morgan fingerprint density at radius 1 is 0.745 bits per heavy atom. The minimum absolute atomic E-state index is 0.00324. The van der Waals surface area contributed by atoms with Gasteiger partial charge >= 0.3 is 17.9 Å². The molecule has 17 heteroatoms. The van der Waals surface area contributed by atoms with Gasteiger partial charge in [-0.05, 0) is 34.6 Å². The summed E-state index contributed by atoms with van der Waals surface area (Å²) in [4.78, 5) is 46.5. The minimum Gasteiger partial charge on any atom is -0.463 e. The highest BCUT2D eigenvalue weighted by molar-refractivity contribution is 7.44. The summed E-state index contributed by atoms with van der Waals surface area (Å²) < 4.78 is 52.5. The van der Waals surface area contributed by atoms with Crippen LogP contribution in [0.15, 0.2) is 0 Å². The number of hydrogen-bond donors (Lipinski definition) is 1. The van der Waals surface area contributed by atoms with Gasteiger partial charge in [0, 0.05) is 39.8 Å². The van der Waals surface area contributed by atoms with Crippen molar-refractivity contribution in [3.8, 4) is 6.07 Å². The quantitative estimate of drug-likeness (QED) is 0.0433. The minimum atomic E-state index is -1.35. The van der Waals surface area contributed by atoms with Crippen molar-refractivity contribution in [1.29, 1.82) is 5.26 Å². The molecule has 0 bridgehead atoms. The van der Waals surface area contributed by atoms with Crippen molar-refractivity contribution in [2.45, 2.75) is 105 Å². The number of ether oxygens (including phenoxy) is 7. The monoisotopic (exact) mass is 695 g/mol. The van der Waals surface area contributed by atoms with Gasteiger partial charge in [0.25, 0.3) is 8.53 Å². The van der Waals surface area contributed by atoms with Gasteiger partial charge in [0.15, 0.2) is 6.29 Å². The predicted octanol–water partition coefficient (Wildman–Crippen LogP) is 2.62. The van der Waals surface area contributed by atoms with E-state index in [2.05, 4.69) is 43.8 Å². The highest BCUT2D eigenvalue weighted by atomic mass is 31.2. The lowest BCUT2D eigenvalue weighted by atomic mass is 10.2. The Kier molecular flexibility index (Phi) is 25.1. The third-order valence-electron chi connectivity index (χ3n) is 5.79. The molecule has 47 heavy (non-hydrogen) atoms. The molecule has 0 radical (unpaired) electrons. The Morgan fingerprint density at radius 2 is 1.28 bits per heavy atom. The van der Waals surface area contributed by atoms with E-state index in [1.165, 1.54) is 27.7 Å². The highest BCUT2D eigenvalue weighted by Gasteiger charge is 2.32. The number of nitrogens with zero attached hydrogens (tertiary/aromatic N) is 2. The van der Waals surface area contributed by atoms with Crippen molar-refractivity contribution in [3.05, 3.63) is 0 Å². The molecule has 0 aromatic rings. The Bertz CT molecular complexity index is 942. The van der Waals surface area contributed by atoms with Gasteiger partial charge in [0.2, 0.25) is 5.91 Å². The van der Waals surface area contributed by atoms with Gasteiger partial charge in [0.1, 0.15) is 31.5 Å². The molecule has 1 amide bonds. The molecule has 272 valence electrons. The molecular weight excluding hydrogens is 641 g/mol. The van der Waals surface area contributed by atoms with Crippen LogP contribution < -0.4 is 5.32 Å². The first-order valence-corrected chi connectivity index (χ1v) is 16.7. The maximum Gasteiger partial charge on any atom is 0.302 e. The number of carbonyl (C=O) groups excluding carboxylic acids is 4. The molecule has 0 saturated carbocycles. The Morgan fingerprint density at radius 3 is 1.79 bits per heavy atom. The molecule has 16 nitrogen and oxygen atoms in total. The van der Waals surface area contributed by atoms with Crippen LogP contribution in [0.3, 0.4) is 0 Å². The molecule has 0 saturated heterocycles. The first-order chi connectivity index (χ1) is 22.2. The van der Waals surface area contributed by atoms with Gasteiger partial charge in [-0.15, -0.1) is 0 Å². The zero-order valence-corrected chi connectivity index (χ0v) is 30.1. The second kappa shape index (κ2) is 26.5. The van der Waals surface area contributed by atoms with E-state index < -0.39 is 56.9 Å². The molecule has 0 aliphatic carbocycles. The molecule has 5 atom stereocenters. The Balaban J connectivity index is 5.07. The summed E-state index contributed by atoms with van der Waals surface area (Å²) in [5, 5.41) is 11.5. The Labute approximate surface area is 279 Å². The average Bonchev–Trinajstić information content (AvgIpc) is 2.96. The van der Waals surface area contributed by atoms with E-state index >= 15 is 0 Å². The third-order valence-corrected chi connectivity index (χ3v) is 7.90. The summed E-state index contributed by atoms with van der Waals surface area (Å²) >= 11 is 0. The number of esters is 3. The fourth-order valence-electron chi connectivity index (χ4n) is 3.93. The summed E-state index contributed by atoms with van der Waals surface area (Å²) in [5.74, 6) is -2.18. The van der Waals surface area contributed by atoms with Crippen LogP contribution in [-0.4, -0.2) is 125 Å². The van der Waals surface area contributed by atoms with Crippen LogP contribution in [0.1, 0.15) is 68.7 Å². The maximum absolute atomic E-state index is 11.9. The number of amides is 1. The van der Waals surface area contributed by atoms with Gasteiger partial charge < -0.3 is 47.5 Å². The summed E-state index contributed by atoms with van der Waals surface area (Å²) in [6, 6.07) is 1.50. The molecule has 0 spiro atoms. The number of rotatable bonds is 27. The van der Waals surface area contributed by atoms with Crippen molar-refractivity contribution < 1.29 is 61.4 Å². The van der Waals surface area contributed by atoms with Crippen LogP contribution in [0.25, 0.3) is 0 Å². The smallest absolute Gasteiger partial charge is 0.302 e. The fraction of sp³-hybridized carbons (Fsp3) is 0.833. The fourth-order valence-corrected chi connectivity index (χ4v) is 5.51. The van der Waals surface area contributed by atoms with E-state index in [1.54, 1.807) is 6.92 Å². The second-order valence-electron chi connectivity index (χ2n) is 10.7. The standard InChI is InChI=1S/C30H54N3O13P/c1-21(2)33(22(3)4)47(43-12-10-11-31)44-18-16-39-14-13-38-15-17-40-30(28(32-24(6)34)19-41-25(7)35)46-29(20-42-26(8)36)23(5)45-27(9)37/h21-23,28-30H,10,12-20H2,1-9H3,(H,32,34)/t23-,28+,29?,30?,47?/m1/s1. The molecule has 0 aliphatic heterocycles. The van der Waals surface area contributed by atoms with Gasteiger partial charge in [0.05, 0.1) is 58.7 Å². The van der Waals surface area contributed by atoms with E-state index in [0.29, 0.717) is 13.2 Å². The third kappa shape index (κ3) is 22.7. The number of hydrogen-bond acceptors (Lipinski definition) is 15. The van der Waals surface area contributed by atoms with Crippen LogP contribution in [0, 0.1) is 11.3 Å². The highest BCUT2D eigenvalue weighted by Crippen LogP contribution is 2.45. The van der Waals surface area contributed by atoms with Crippen LogP contribution in [-0.2, 0) is 61.4 Å². The molecule has 0 aromatic carbocycles. The number of carbonyl (C=O) groups is 4. The lowest BCUT2D eigenvalue weighted by molar-refractivity contribution is -0.226. The van der Waals surface area contributed by atoms with Crippen molar-refractivity contribution >= 4 is 32.3 Å². The topological polar surface area (TPSA) is 190 Å². The lowest BCUT2D eigenvalue weighted by Crippen LogP contribution is -2.51. The van der Waals surface area contributed by atoms with E-state index in [4.69, 9.17) is 47.5 Å². The van der Waals surface area contributed by atoms with Crippen molar-refractivity contribution in [2.75, 3.05) is 59.5 Å². The molecule has 3 unspecified atom stereocenters. The first-order valence-electron chi connectivity index (χ1n) is 15.5. The molecule has 0 fully saturated rings. The number of nitriles is 1. The lowest BCUT2D eigenvalue weighted by Gasteiger charge is -2.35. The van der Waals surface area contributed by atoms with Crippen molar-refractivity contribution in [2.24, 2.45) is 0 Å². The first kappa shape index (κ1) is 44.5. The maximum atomic E-state index is 11.9. The normalized spacial score (nSPS) is 14.6. The Hall–Kier alpha value is -2.48. The van der Waals surface area contributed by atoms with Gasteiger partial charge in [-0.1, -0.05) is 0 Å². The number of nitrogens with one attached hydrogen (secondary N) is 1. The van der Waals surface area contributed by atoms with Crippen molar-refractivity contribution in [3.63, 3.8) is 0 Å². The summed E-state index contributed by atoms with van der Waals surface area (Å²) in [7, 11) is -1.35. The van der Waals surface area contributed by atoms with Crippen LogP contribution in [0.2, 0.25) is 0 Å². The second-order valence-corrected chi connectivity index (χ2v) is 12.2. The van der Waals surface area contributed by atoms with Gasteiger partial charge in [-0.3, -0.25) is 19.2 Å². The summed E-state index contributed by atoms with van der Waals surface area (Å²) in [6.07, 6.45) is -2.78. The molecule has 0 aromatic heterocycles. The SMILES string of the molecule is CC(=O)N[C@@H](COC(C)=O)C(OCCOCCOCCOP(OCCC#N)N(C(C)C)C(C)C)OC(COC(C)=O)[C@@H](C)OC(C)=O. The van der Waals surface area contributed by atoms with Crippen LogP contribution in [0.4, 0.5) is 0 Å². The molecule has 0 rings (SSSR count). The average molecular weight is 696 g/mol. The van der Waals surface area contributed by atoms with E-state index in [-0.39, 0.29) is 64.8 Å². The molecular formula is C30H54N3O13P. The predicted molar refractivity (Wildman–Crippen MR) is 170 cm³/mol. The largest absolute Gasteiger partial charge is 0.463 e. The van der Waals surface area contributed by atoms with Gasteiger partial charge in [-0.2, -0.15) is 5.26 Å².